The molecule has 3 nitrogen and oxygen atoms in total. The van der Waals surface area contributed by atoms with Gasteiger partial charge in [0.25, 0.3) is 0 Å². The second-order valence-corrected chi connectivity index (χ2v) is 5.15. The Morgan fingerprint density at radius 2 is 2.28 bits per heavy atom. The van der Waals surface area contributed by atoms with Crippen molar-refractivity contribution in [3.8, 4) is 0 Å². The minimum absolute atomic E-state index is 0.0696. The van der Waals surface area contributed by atoms with Crippen LogP contribution in [0.4, 0.5) is 5.69 Å². The van der Waals surface area contributed by atoms with Gasteiger partial charge in [-0.2, -0.15) is 11.3 Å². The lowest BCUT2D eigenvalue weighted by Crippen LogP contribution is -2.29. The molecule has 1 aromatic carbocycles. The van der Waals surface area contributed by atoms with E-state index in [0.29, 0.717) is 13.1 Å². The Labute approximate surface area is 110 Å². The number of benzene rings is 1. The van der Waals surface area contributed by atoms with Crippen LogP contribution in [0.1, 0.15) is 17.0 Å². The summed E-state index contributed by atoms with van der Waals surface area (Å²) in [5.41, 5.74) is 3.33. The summed E-state index contributed by atoms with van der Waals surface area (Å²) in [5.74, 6) is 0.0264. The zero-order valence-electron chi connectivity index (χ0n) is 9.85. The van der Waals surface area contributed by atoms with E-state index in [-0.39, 0.29) is 11.8 Å². The van der Waals surface area contributed by atoms with Gasteiger partial charge in [0, 0.05) is 18.8 Å². The second-order valence-electron chi connectivity index (χ2n) is 4.37. The van der Waals surface area contributed by atoms with Crippen molar-refractivity contribution in [3.05, 3.63) is 52.2 Å². The number of rotatable bonds is 3. The highest BCUT2D eigenvalue weighted by Crippen LogP contribution is 2.30. The third kappa shape index (κ3) is 2.11. The van der Waals surface area contributed by atoms with Crippen molar-refractivity contribution >= 4 is 22.9 Å². The molecule has 1 aromatic heterocycles. The van der Waals surface area contributed by atoms with Gasteiger partial charge in [0.2, 0.25) is 5.91 Å². The Bertz CT molecular complexity index is 551. The van der Waals surface area contributed by atoms with Crippen molar-refractivity contribution < 1.29 is 4.79 Å². The molecule has 1 atom stereocenters. The van der Waals surface area contributed by atoms with E-state index >= 15 is 0 Å². The van der Waals surface area contributed by atoms with Crippen molar-refractivity contribution in [1.29, 1.82) is 0 Å². The molecular formula is C14H14N2OS. The number of nitrogens with one attached hydrogen (secondary N) is 2. The highest BCUT2D eigenvalue weighted by molar-refractivity contribution is 7.07. The number of amides is 1. The van der Waals surface area contributed by atoms with Crippen LogP contribution < -0.4 is 10.6 Å². The van der Waals surface area contributed by atoms with E-state index in [1.54, 1.807) is 11.3 Å². The third-order valence-corrected chi connectivity index (χ3v) is 3.93. The molecule has 0 saturated heterocycles. The number of hydrogen-bond donors (Lipinski definition) is 2. The fourth-order valence-corrected chi connectivity index (χ4v) is 2.89. The predicted molar refractivity (Wildman–Crippen MR) is 73.8 cm³/mol. The van der Waals surface area contributed by atoms with E-state index in [2.05, 4.69) is 16.0 Å². The maximum atomic E-state index is 12.2. The lowest BCUT2D eigenvalue weighted by atomic mass is 10.0. The van der Waals surface area contributed by atoms with E-state index in [1.807, 2.05) is 35.7 Å². The number of hydrogen-bond acceptors (Lipinski definition) is 3. The van der Waals surface area contributed by atoms with Crippen molar-refractivity contribution in [3.63, 3.8) is 0 Å². The lowest BCUT2D eigenvalue weighted by molar-refractivity contribution is -0.122. The fraction of sp³-hybridized carbons (Fsp3) is 0.214. The summed E-state index contributed by atoms with van der Waals surface area (Å²) >= 11 is 1.65. The number of para-hydroxylation sites is 1. The van der Waals surface area contributed by atoms with Gasteiger partial charge < -0.3 is 10.6 Å². The van der Waals surface area contributed by atoms with Crippen LogP contribution in [0.2, 0.25) is 0 Å². The quantitative estimate of drug-likeness (QED) is 0.888. The van der Waals surface area contributed by atoms with Crippen LogP contribution in [0.3, 0.4) is 0 Å². The molecule has 0 radical (unpaired) electrons. The molecule has 0 bridgehead atoms. The standard InChI is InChI=1S/C14H14N2OS/c17-14(16-7-10-5-6-18-9-10)12-8-15-13-4-2-1-3-11(12)13/h1-6,9,12,15H,7-8H2,(H,16,17). The lowest BCUT2D eigenvalue weighted by Gasteiger charge is -2.10. The Balaban J connectivity index is 1.67. The molecule has 18 heavy (non-hydrogen) atoms. The monoisotopic (exact) mass is 258 g/mol. The van der Waals surface area contributed by atoms with Crippen LogP contribution in [-0.4, -0.2) is 12.5 Å². The molecule has 1 unspecified atom stereocenters. The Kier molecular flexibility index (Phi) is 3.02. The highest BCUT2D eigenvalue weighted by atomic mass is 32.1. The molecule has 3 rings (SSSR count). The Morgan fingerprint density at radius 1 is 1.39 bits per heavy atom. The van der Waals surface area contributed by atoms with Crippen LogP contribution >= 0.6 is 11.3 Å². The number of anilines is 1. The topological polar surface area (TPSA) is 41.1 Å². The molecule has 0 spiro atoms. The number of carbonyl (C=O) groups is 1. The molecule has 1 aliphatic rings. The second kappa shape index (κ2) is 4.82. The molecule has 2 N–H and O–H groups in total. The maximum absolute atomic E-state index is 12.2. The zero-order valence-corrected chi connectivity index (χ0v) is 10.7. The molecule has 0 saturated carbocycles. The van der Waals surface area contributed by atoms with Gasteiger partial charge >= 0.3 is 0 Å². The van der Waals surface area contributed by atoms with Crippen LogP contribution in [0, 0.1) is 0 Å². The average molecular weight is 258 g/mol. The van der Waals surface area contributed by atoms with E-state index in [4.69, 9.17) is 0 Å². The van der Waals surface area contributed by atoms with E-state index in [9.17, 15) is 4.79 Å². The zero-order chi connectivity index (χ0) is 12.4. The molecule has 92 valence electrons. The first-order chi connectivity index (χ1) is 8.84. The Hall–Kier alpha value is -1.81. The third-order valence-electron chi connectivity index (χ3n) is 3.20. The number of thiophene rings is 1. The first kappa shape index (κ1) is 11.3. The summed E-state index contributed by atoms with van der Waals surface area (Å²) in [5, 5.41) is 10.3. The van der Waals surface area contributed by atoms with Crippen molar-refractivity contribution in [1.82, 2.24) is 5.32 Å². The summed E-state index contributed by atoms with van der Waals surface area (Å²) in [4.78, 5) is 12.2. The fourth-order valence-electron chi connectivity index (χ4n) is 2.22. The van der Waals surface area contributed by atoms with Gasteiger partial charge in [0.15, 0.2) is 0 Å². The first-order valence-corrected chi connectivity index (χ1v) is 6.90. The molecule has 4 heteroatoms. The van der Waals surface area contributed by atoms with Crippen molar-refractivity contribution in [2.45, 2.75) is 12.5 Å². The molecular weight excluding hydrogens is 244 g/mol. The minimum atomic E-state index is -0.0696. The smallest absolute Gasteiger partial charge is 0.229 e. The summed E-state index contributed by atoms with van der Waals surface area (Å²) in [6.45, 7) is 1.30. The van der Waals surface area contributed by atoms with Gasteiger partial charge in [0.05, 0.1) is 5.92 Å². The summed E-state index contributed by atoms with van der Waals surface area (Å²) in [6, 6.07) is 10.0. The van der Waals surface area contributed by atoms with E-state index < -0.39 is 0 Å². The van der Waals surface area contributed by atoms with Crippen LogP contribution in [0.5, 0.6) is 0 Å². The van der Waals surface area contributed by atoms with Gasteiger partial charge in [-0.25, -0.2) is 0 Å². The summed E-state index contributed by atoms with van der Waals surface area (Å²) in [6.07, 6.45) is 0. The van der Waals surface area contributed by atoms with E-state index in [0.717, 1.165) is 16.8 Å². The molecule has 1 amide bonds. The molecule has 0 fully saturated rings. The minimum Gasteiger partial charge on any atom is -0.384 e. The van der Waals surface area contributed by atoms with Crippen molar-refractivity contribution in [2.75, 3.05) is 11.9 Å². The molecule has 2 heterocycles. The maximum Gasteiger partial charge on any atom is 0.229 e. The van der Waals surface area contributed by atoms with Crippen LogP contribution in [0.25, 0.3) is 0 Å². The van der Waals surface area contributed by atoms with Crippen LogP contribution in [0.15, 0.2) is 41.1 Å². The number of fused-ring (bicyclic) bond motifs is 1. The summed E-state index contributed by atoms with van der Waals surface area (Å²) < 4.78 is 0. The van der Waals surface area contributed by atoms with E-state index in [1.165, 1.54) is 0 Å². The predicted octanol–water partition coefficient (Wildman–Crippen LogP) is 2.57. The van der Waals surface area contributed by atoms with Gasteiger partial charge in [-0.05, 0) is 34.0 Å². The number of carbonyl (C=O) groups excluding carboxylic acids is 1. The summed E-state index contributed by atoms with van der Waals surface area (Å²) in [7, 11) is 0. The average Bonchev–Trinajstić information content (AvgIpc) is 3.05. The van der Waals surface area contributed by atoms with Gasteiger partial charge in [-0.3, -0.25) is 4.79 Å². The van der Waals surface area contributed by atoms with Gasteiger partial charge in [-0.15, -0.1) is 0 Å². The first-order valence-electron chi connectivity index (χ1n) is 5.96. The van der Waals surface area contributed by atoms with Crippen LogP contribution in [-0.2, 0) is 11.3 Å². The molecule has 1 aliphatic heterocycles. The normalized spacial score (nSPS) is 17.0. The molecule has 0 aliphatic carbocycles. The molecule has 2 aromatic rings. The SMILES string of the molecule is O=C(NCc1ccsc1)C1CNc2ccccc21. The van der Waals surface area contributed by atoms with Crippen molar-refractivity contribution in [2.24, 2.45) is 0 Å². The van der Waals surface area contributed by atoms with Gasteiger partial charge in [0.1, 0.15) is 0 Å². The Morgan fingerprint density at radius 3 is 3.11 bits per heavy atom. The van der Waals surface area contributed by atoms with Gasteiger partial charge in [-0.1, -0.05) is 18.2 Å². The highest BCUT2D eigenvalue weighted by Gasteiger charge is 2.27. The largest absolute Gasteiger partial charge is 0.384 e.